The van der Waals surface area contributed by atoms with Crippen LogP contribution in [0.2, 0.25) is 0 Å². The maximum absolute atomic E-state index is 12.3. The van der Waals surface area contributed by atoms with E-state index in [2.05, 4.69) is 10.5 Å². The molecule has 0 aromatic heterocycles. The fourth-order valence-electron chi connectivity index (χ4n) is 3.19. The lowest BCUT2D eigenvalue weighted by Crippen LogP contribution is -2.25. The molecular formula is C22H18N2O5. The average molecular weight is 390 g/mol. The number of fused-ring (bicyclic) bond motifs is 1. The summed E-state index contributed by atoms with van der Waals surface area (Å²) in [6, 6.07) is 17.7. The van der Waals surface area contributed by atoms with Gasteiger partial charge < -0.3 is 20.1 Å². The van der Waals surface area contributed by atoms with Gasteiger partial charge in [0.2, 0.25) is 0 Å². The smallest absolute Gasteiger partial charge is 0.271 e. The number of nitrogens with zero attached hydrogens (tertiary/aromatic N) is 1. The highest BCUT2D eigenvalue weighted by Crippen LogP contribution is 2.42. The summed E-state index contributed by atoms with van der Waals surface area (Å²) >= 11 is 0. The molecule has 1 amide bonds. The number of phenols is 3. The first kappa shape index (κ1) is 18.4. The van der Waals surface area contributed by atoms with Crippen molar-refractivity contribution in [2.45, 2.75) is 12.5 Å². The lowest BCUT2D eigenvalue weighted by molar-refractivity contribution is 0.0954. The second-order valence-corrected chi connectivity index (χ2v) is 6.61. The zero-order chi connectivity index (χ0) is 20.4. The van der Waals surface area contributed by atoms with Gasteiger partial charge in [-0.15, -0.1) is 0 Å². The maximum atomic E-state index is 12.3. The van der Waals surface area contributed by atoms with Crippen molar-refractivity contribution in [3.8, 4) is 23.0 Å². The van der Waals surface area contributed by atoms with Crippen molar-refractivity contribution >= 4 is 11.6 Å². The predicted octanol–water partition coefficient (Wildman–Crippen LogP) is 3.46. The third kappa shape index (κ3) is 3.84. The number of nitrogens with one attached hydrogen (secondary N) is 1. The van der Waals surface area contributed by atoms with Gasteiger partial charge in [0.15, 0.2) is 0 Å². The van der Waals surface area contributed by atoms with Crippen LogP contribution >= 0.6 is 0 Å². The second-order valence-electron chi connectivity index (χ2n) is 6.61. The van der Waals surface area contributed by atoms with E-state index in [9.17, 15) is 20.1 Å². The average Bonchev–Trinajstić information content (AvgIpc) is 2.72. The molecule has 0 radical (unpaired) electrons. The minimum Gasteiger partial charge on any atom is -0.508 e. The molecule has 1 aliphatic rings. The lowest BCUT2D eigenvalue weighted by Gasteiger charge is -2.28. The number of aromatic hydroxyl groups is 3. The van der Waals surface area contributed by atoms with Gasteiger partial charge in [0, 0.05) is 24.1 Å². The summed E-state index contributed by atoms with van der Waals surface area (Å²) in [5.41, 5.74) is 4.46. The molecule has 3 aromatic carbocycles. The first-order valence-corrected chi connectivity index (χ1v) is 8.95. The van der Waals surface area contributed by atoms with Crippen molar-refractivity contribution in [1.29, 1.82) is 0 Å². The fraction of sp³-hybridized carbons (Fsp3) is 0.0909. The molecule has 0 saturated heterocycles. The van der Waals surface area contributed by atoms with Gasteiger partial charge in [-0.1, -0.05) is 30.3 Å². The second kappa shape index (κ2) is 7.55. The van der Waals surface area contributed by atoms with Gasteiger partial charge in [-0.05, 0) is 29.8 Å². The highest BCUT2D eigenvalue weighted by atomic mass is 16.5. The van der Waals surface area contributed by atoms with Crippen LogP contribution in [0.1, 0.15) is 34.0 Å². The molecular weight excluding hydrogens is 372 g/mol. The van der Waals surface area contributed by atoms with Crippen molar-refractivity contribution in [2.24, 2.45) is 5.10 Å². The number of benzene rings is 3. The predicted molar refractivity (Wildman–Crippen MR) is 106 cm³/mol. The molecule has 7 nitrogen and oxygen atoms in total. The van der Waals surface area contributed by atoms with Crippen molar-refractivity contribution < 1.29 is 24.9 Å². The summed E-state index contributed by atoms with van der Waals surface area (Å²) in [6.45, 7) is 0. The van der Waals surface area contributed by atoms with Crippen molar-refractivity contribution in [3.05, 3.63) is 83.4 Å². The monoisotopic (exact) mass is 390 g/mol. The maximum Gasteiger partial charge on any atom is 0.271 e. The minimum atomic E-state index is -0.475. The molecule has 146 valence electrons. The Balaban J connectivity index is 1.69. The van der Waals surface area contributed by atoms with Gasteiger partial charge in [0.05, 0.1) is 11.3 Å². The molecule has 7 heteroatoms. The van der Waals surface area contributed by atoms with E-state index >= 15 is 0 Å². The fourth-order valence-corrected chi connectivity index (χ4v) is 3.19. The lowest BCUT2D eigenvalue weighted by atomic mass is 9.94. The van der Waals surface area contributed by atoms with Crippen LogP contribution in [-0.4, -0.2) is 26.9 Å². The largest absolute Gasteiger partial charge is 0.508 e. The Labute approximate surface area is 166 Å². The molecule has 0 fully saturated rings. The summed E-state index contributed by atoms with van der Waals surface area (Å²) in [5.74, 6) is -0.355. The molecule has 4 rings (SSSR count). The van der Waals surface area contributed by atoms with Crippen LogP contribution in [0.3, 0.4) is 0 Å². The molecule has 0 bridgehead atoms. The molecule has 1 heterocycles. The highest BCUT2D eigenvalue weighted by Gasteiger charge is 2.30. The van der Waals surface area contributed by atoms with E-state index in [0.717, 1.165) is 5.56 Å². The van der Waals surface area contributed by atoms with Gasteiger partial charge in [0.25, 0.3) is 5.91 Å². The number of hydrogen-bond acceptors (Lipinski definition) is 6. The summed E-state index contributed by atoms with van der Waals surface area (Å²) in [4.78, 5) is 12.3. The third-order valence-corrected chi connectivity index (χ3v) is 4.60. The first-order chi connectivity index (χ1) is 14.0. The van der Waals surface area contributed by atoms with Gasteiger partial charge in [0.1, 0.15) is 29.1 Å². The van der Waals surface area contributed by atoms with Gasteiger partial charge in [-0.3, -0.25) is 4.79 Å². The topological polar surface area (TPSA) is 111 Å². The SMILES string of the molecule is O=C(N/N=C1\CC(c2ccc(O)cc2)Oc2cc(O)cc(O)c21)c1ccccc1. The van der Waals surface area contributed by atoms with Crippen LogP contribution in [0, 0.1) is 0 Å². The Morgan fingerprint density at radius 1 is 0.966 bits per heavy atom. The number of carbonyl (C=O) groups excluding carboxylic acids is 1. The van der Waals surface area contributed by atoms with Crippen molar-refractivity contribution in [3.63, 3.8) is 0 Å². The van der Waals surface area contributed by atoms with Gasteiger partial charge in [-0.25, -0.2) is 5.43 Å². The zero-order valence-corrected chi connectivity index (χ0v) is 15.2. The van der Waals surface area contributed by atoms with Crippen LogP contribution in [0.15, 0.2) is 71.8 Å². The van der Waals surface area contributed by atoms with Crippen LogP contribution in [0.5, 0.6) is 23.0 Å². The molecule has 0 saturated carbocycles. The molecule has 1 aliphatic heterocycles. The number of phenolic OH excluding ortho intramolecular Hbond substituents is 3. The number of carbonyl (C=O) groups is 1. The summed E-state index contributed by atoms with van der Waals surface area (Å²) in [6.07, 6.45) is -0.206. The zero-order valence-electron chi connectivity index (χ0n) is 15.2. The summed E-state index contributed by atoms with van der Waals surface area (Å²) in [5, 5.41) is 33.9. The normalized spacial score (nSPS) is 16.7. The van der Waals surface area contributed by atoms with Crippen LogP contribution in [0.4, 0.5) is 0 Å². The van der Waals surface area contributed by atoms with E-state index in [4.69, 9.17) is 4.74 Å². The number of rotatable bonds is 3. The summed E-state index contributed by atoms with van der Waals surface area (Å²) < 4.78 is 5.95. The number of hydrogen-bond donors (Lipinski definition) is 4. The standard InChI is InChI=1S/C22H18N2O5/c25-15-8-6-13(7-9-15)19-12-17(21-18(27)10-16(26)11-20(21)29-19)23-24-22(28)14-4-2-1-3-5-14/h1-11,19,25-27H,12H2,(H,24,28)/b23-17+. The van der Waals surface area contributed by atoms with Crippen LogP contribution in [0.25, 0.3) is 0 Å². The molecule has 29 heavy (non-hydrogen) atoms. The van der Waals surface area contributed by atoms with E-state index in [1.54, 1.807) is 48.5 Å². The Hall–Kier alpha value is -4.00. The molecule has 0 spiro atoms. The van der Waals surface area contributed by atoms with Crippen LogP contribution < -0.4 is 10.2 Å². The number of hydrazone groups is 1. The van der Waals surface area contributed by atoms with E-state index in [-0.39, 0.29) is 35.3 Å². The van der Waals surface area contributed by atoms with Crippen molar-refractivity contribution in [1.82, 2.24) is 5.43 Å². The Morgan fingerprint density at radius 3 is 2.41 bits per heavy atom. The third-order valence-electron chi connectivity index (χ3n) is 4.60. The Morgan fingerprint density at radius 2 is 1.69 bits per heavy atom. The molecule has 3 aromatic rings. The first-order valence-electron chi connectivity index (χ1n) is 8.95. The summed E-state index contributed by atoms with van der Waals surface area (Å²) in [7, 11) is 0. The van der Waals surface area contributed by atoms with E-state index in [1.165, 1.54) is 12.1 Å². The number of amides is 1. The van der Waals surface area contributed by atoms with Gasteiger partial charge >= 0.3 is 0 Å². The van der Waals surface area contributed by atoms with E-state index in [0.29, 0.717) is 16.8 Å². The Kier molecular flexibility index (Phi) is 4.78. The quantitative estimate of drug-likeness (QED) is 0.512. The molecule has 0 aliphatic carbocycles. The number of ether oxygens (including phenoxy) is 1. The molecule has 4 N–H and O–H groups in total. The van der Waals surface area contributed by atoms with Gasteiger partial charge in [-0.2, -0.15) is 5.10 Å². The van der Waals surface area contributed by atoms with Crippen LogP contribution in [-0.2, 0) is 0 Å². The van der Waals surface area contributed by atoms with E-state index < -0.39 is 6.10 Å². The van der Waals surface area contributed by atoms with Crippen molar-refractivity contribution in [2.75, 3.05) is 0 Å². The minimum absolute atomic E-state index is 0.129. The highest BCUT2D eigenvalue weighted by molar-refractivity contribution is 6.07. The Bertz CT molecular complexity index is 1080. The van der Waals surface area contributed by atoms with E-state index in [1.807, 2.05) is 6.07 Å². The molecule has 1 unspecified atom stereocenters. The molecule has 1 atom stereocenters.